The maximum atomic E-state index is 11.6. The van der Waals surface area contributed by atoms with Crippen molar-refractivity contribution < 1.29 is 19.4 Å². The van der Waals surface area contributed by atoms with Crippen LogP contribution >= 0.6 is 0 Å². The number of para-hydroxylation sites is 2. The maximum absolute atomic E-state index is 11.6. The first kappa shape index (κ1) is 17.5. The summed E-state index contributed by atoms with van der Waals surface area (Å²) in [6, 6.07) is 24.3. The van der Waals surface area contributed by atoms with Crippen molar-refractivity contribution in [1.82, 2.24) is 0 Å². The Morgan fingerprint density at radius 1 is 0.885 bits per heavy atom. The predicted octanol–water partition coefficient (Wildman–Crippen LogP) is 4.86. The Morgan fingerprint density at radius 3 is 2.15 bits per heavy atom. The summed E-state index contributed by atoms with van der Waals surface area (Å²) in [7, 11) is 0. The highest BCUT2D eigenvalue weighted by molar-refractivity contribution is 5.73. The molecule has 1 N–H and O–H groups in total. The molecule has 0 saturated heterocycles. The van der Waals surface area contributed by atoms with Crippen LogP contribution in [0.5, 0.6) is 17.2 Å². The molecule has 0 aromatic heterocycles. The van der Waals surface area contributed by atoms with Gasteiger partial charge in [0.1, 0.15) is 17.2 Å². The van der Waals surface area contributed by atoms with Crippen LogP contribution in [0.2, 0.25) is 0 Å². The first-order valence-corrected chi connectivity index (χ1v) is 8.39. The topological polar surface area (TPSA) is 55.8 Å². The fraction of sp³-hybridized carbons (Fsp3) is 0.136. The highest BCUT2D eigenvalue weighted by Crippen LogP contribution is 2.23. The second-order valence-electron chi connectivity index (χ2n) is 5.97. The average molecular weight is 348 g/mol. The standard InChI is InChI=1S/C22H20O4/c1-16-7-5-6-10-20(16)26-21(22(23)24)15-17-11-13-19(14-12-17)25-18-8-3-2-4-9-18/h2-14,21H,15H2,1H3,(H,23,24)/t21-/m1/s1. The van der Waals surface area contributed by atoms with Crippen LogP contribution < -0.4 is 9.47 Å². The second-order valence-corrected chi connectivity index (χ2v) is 5.97. The first-order chi connectivity index (χ1) is 12.6. The van der Waals surface area contributed by atoms with Crippen molar-refractivity contribution in [2.75, 3.05) is 0 Å². The number of hydrogen-bond acceptors (Lipinski definition) is 3. The van der Waals surface area contributed by atoms with Crippen molar-refractivity contribution in [3.8, 4) is 17.2 Å². The zero-order chi connectivity index (χ0) is 18.4. The molecule has 4 nitrogen and oxygen atoms in total. The van der Waals surface area contributed by atoms with E-state index in [0.29, 0.717) is 11.5 Å². The van der Waals surface area contributed by atoms with E-state index in [-0.39, 0.29) is 6.42 Å². The highest BCUT2D eigenvalue weighted by Gasteiger charge is 2.20. The third kappa shape index (κ3) is 4.63. The molecule has 0 aliphatic carbocycles. The molecule has 0 bridgehead atoms. The van der Waals surface area contributed by atoms with Gasteiger partial charge in [-0.3, -0.25) is 0 Å². The van der Waals surface area contributed by atoms with E-state index in [2.05, 4.69) is 0 Å². The van der Waals surface area contributed by atoms with Gasteiger partial charge >= 0.3 is 5.97 Å². The Balaban J connectivity index is 1.67. The zero-order valence-corrected chi connectivity index (χ0v) is 14.5. The van der Waals surface area contributed by atoms with Crippen molar-refractivity contribution in [1.29, 1.82) is 0 Å². The number of ether oxygens (including phenoxy) is 2. The number of aliphatic carboxylic acids is 1. The molecule has 0 aliphatic heterocycles. The van der Waals surface area contributed by atoms with E-state index >= 15 is 0 Å². The largest absolute Gasteiger partial charge is 0.478 e. The van der Waals surface area contributed by atoms with Gasteiger partial charge in [0, 0.05) is 6.42 Å². The number of hydrogen-bond donors (Lipinski definition) is 1. The van der Waals surface area contributed by atoms with Crippen LogP contribution in [-0.4, -0.2) is 17.2 Å². The highest BCUT2D eigenvalue weighted by atomic mass is 16.5. The third-order valence-corrected chi connectivity index (χ3v) is 3.96. The number of carbonyl (C=O) groups is 1. The predicted molar refractivity (Wildman–Crippen MR) is 99.9 cm³/mol. The minimum absolute atomic E-state index is 0.273. The van der Waals surface area contributed by atoms with E-state index in [0.717, 1.165) is 16.9 Å². The molecule has 3 aromatic carbocycles. The molecule has 3 rings (SSSR count). The Bertz CT molecular complexity index is 857. The van der Waals surface area contributed by atoms with Crippen molar-refractivity contribution in [3.05, 3.63) is 90.0 Å². The molecule has 0 saturated carbocycles. The summed E-state index contributed by atoms with van der Waals surface area (Å²) in [6.45, 7) is 1.89. The Morgan fingerprint density at radius 2 is 1.50 bits per heavy atom. The normalized spacial score (nSPS) is 11.6. The van der Waals surface area contributed by atoms with Crippen molar-refractivity contribution in [2.45, 2.75) is 19.4 Å². The molecule has 0 radical (unpaired) electrons. The third-order valence-electron chi connectivity index (χ3n) is 3.96. The first-order valence-electron chi connectivity index (χ1n) is 8.39. The Labute approximate surface area is 152 Å². The number of aryl methyl sites for hydroxylation is 1. The van der Waals surface area contributed by atoms with Crippen molar-refractivity contribution in [2.24, 2.45) is 0 Å². The molecule has 1 atom stereocenters. The molecule has 26 heavy (non-hydrogen) atoms. The minimum Gasteiger partial charge on any atom is -0.478 e. The second kappa shape index (κ2) is 8.21. The lowest BCUT2D eigenvalue weighted by molar-refractivity contribution is -0.145. The molecule has 132 valence electrons. The Kier molecular flexibility index (Phi) is 5.54. The molecule has 0 fully saturated rings. The van der Waals surface area contributed by atoms with E-state index in [1.165, 1.54) is 0 Å². The summed E-state index contributed by atoms with van der Waals surface area (Å²) < 4.78 is 11.5. The molecule has 3 aromatic rings. The SMILES string of the molecule is Cc1ccccc1O[C@H](Cc1ccc(Oc2ccccc2)cc1)C(=O)O. The Hall–Kier alpha value is -3.27. The summed E-state index contributed by atoms with van der Waals surface area (Å²) in [5.74, 6) is 1.06. The lowest BCUT2D eigenvalue weighted by Gasteiger charge is -2.17. The van der Waals surface area contributed by atoms with Gasteiger partial charge in [0.25, 0.3) is 0 Å². The molecule has 0 heterocycles. The van der Waals surface area contributed by atoms with Crippen LogP contribution in [0.1, 0.15) is 11.1 Å². The van der Waals surface area contributed by atoms with E-state index in [4.69, 9.17) is 9.47 Å². The summed E-state index contributed by atoms with van der Waals surface area (Å²) in [6.07, 6.45) is -0.674. The van der Waals surface area contributed by atoms with Crippen LogP contribution in [0.15, 0.2) is 78.9 Å². The minimum atomic E-state index is -0.988. The molecule has 0 aliphatic rings. The van der Waals surface area contributed by atoms with Gasteiger partial charge in [0.15, 0.2) is 6.10 Å². The van der Waals surface area contributed by atoms with E-state index in [1.807, 2.05) is 79.7 Å². The van der Waals surface area contributed by atoms with Crippen molar-refractivity contribution >= 4 is 5.97 Å². The van der Waals surface area contributed by atoms with E-state index < -0.39 is 12.1 Å². The number of carboxylic acid groups (broad SMARTS) is 1. The summed E-state index contributed by atoms with van der Waals surface area (Å²) >= 11 is 0. The average Bonchev–Trinajstić information content (AvgIpc) is 2.65. The molecular weight excluding hydrogens is 328 g/mol. The maximum Gasteiger partial charge on any atom is 0.345 e. The van der Waals surface area contributed by atoms with Gasteiger partial charge in [0.05, 0.1) is 0 Å². The summed E-state index contributed by atoms with van der Waals surface area (Å²) in [5, 5.41) is 9.49. The van der Waals surface area contributed by atoms with E-state index in [1.54, 1.807) is 6.07 Å². The summed E-state index contributed by atoms with van der Waals surface area (Å²) in [5.41, 5.74) is 1.77. The number of rotatable bonds is 7. The van der Waals surface area contributed by atoms with Gasteiger partial charge < -0.3 is 14.6 Å². The van der Waals surface area contributed by atoms with E-state index in [9.17, 15) is 9.90 Å². The van der Waals surface area contributed by atoms with Gasteiger partial charge in [-0.2, -0.15) is 0 Å². The van der Waals surface area contributed by atoms with Crippen LogP contribution in [0.4, 0.5) is 0 Å². The zero-order valence-electron chi connectivity index (χ0n) is 14.5. The fourth-order valence-corrected chi connectivity index (χ4v) is 2.55. The number of carboxylic acids is 1. The molecule has 0 spiro atoms. The summed E-state index contributed by atoms with van der Waals surface area (Å²) in [4.78, 5) is 11.6. The monoisotopic (exact) mass is 348 g/mol. The van der Waals surface area contributed by atoms with Crippen LogP contribution in [0.25, 0.3) is 0 Å². The van der Waals surface area contributed by atoms with Gasteiger partial charge in [-0.05, 0) is 48.4 Å². The number of benzene rings is 3. The van der Waals surface area contributed by atoms with Gasteiger partial charge in [0.2, 0.25) is 0 Å². The van der Waals surface area contributed by atoms with Gasteiger partial charge in [-0.25, -0.2) is 4.79 Å². The quantitative estimate of drug-likeness (QED) is 0.662. The van der Waals surface area contributed by atoms with Crippen LogP contribution in [-0.2, 0) is 11.2 Å². The molecule has 0 unspecified atom stereocenters. The van der Waals surface area contributed by atoms with Crippen molar-refractivity contribution in [3.63, 3.8) is 0 Å². The molecular formula is C22H20O4. The fourth-order valence-electron chi connectivity index (χ4n) is 2.55. The molecule has 0 amide bonds. The van der Waals surface area contributed by atoms with Gasteiger partial charge in [-0.1, -0.05) is 48.5 Å². The van der Waals surface area contributed by atoms with Gasteiger partial charge in [-0.15, -0.1) is 0 Å². The smallest absolute Gasteiger partial charge is 0.345 e. The molecule has 4 heteroatoms. The van der Waals surface area contributed by atoms with Crippen LogP contribution in [0.3, 0.4) is 0 Å². The lowest BCUT2D eigenvalue weighted by Crippen LogP contribution is -2.29. The van der Waals surface area contributed by atoms with Crippen LogP contribution in [0, 0.1) is 6.92 Å². The lowest BCUT2D eigenvalue weighted by atomic mass is 10.1.